The number of halogens is 8. The number of carbonyl (C=O) groups is 2. The molecule has 2 aliphatic rings. The molecule has 0 bridgehead atoms. The Hall–Kier alpha value is -3.01. The highest BCUT2D eigenvalue weighted by atomic mass is 35.7. The summed E-state index contributed by atoms with van der Waals surface area (Å²) in [5.74, 6) is 0.429. The Labute approximate surface area is 311 Å². The molecule has 0 aliphatic heterocycles. The number of allylic oxidation sites excluding steroid dienone is 6. The summed E-state index contributed by atoms with van der Waals surface area (Å²) in [5.41, 5.74) is 3.74. The second-order valence-electron chi connectivity index (χ2n) is 13.0. The number of rotatable bonds is 5. The van der Waals surface area contributed by atoms with Gasteiger partial charge in [-0.3, -0.25) is 9.59 Å². The highest BCUT2D eigenvalue weighted by Crippen LogP contribution is 2.55. The fourth-order valence-corrected chi connectivity index (χ4v) is 5.70. The number of benzene rings is 2. The molecular weight excluding hydrogens is 724 g/mol. The van der Waals surface area contributed by atoms with Gasteiger partial charge in [-0.25, -0.2) is 20.1 Å². The molecule has 0 heterocycles. The lowest BCUT2D eigenvalue weighted by Gasteiger charge is -2.48. The SMILES string of the molecule is C#CC(=O)c1ccccc1C(F)(F)F.C=C(C)C(=C)C.CC1=C(C)CC2(C(=O)c3ccccc3C(F)(F)F)CC(C)=C(C)CC2C1.C[CH2][Al]([Cl])[Cl]. The predicted molar refractivity (Wildman–Crippen MR) is 199 cm³/mol. The molecule has 0 spiro atoms. The van der Waals surface area contributed by atoms with E-state index in [1.807, 2.05) is 34.6 Å². The largest absolute Gasteiger partial charge is 0.519 e. The van der Waals surface area contributed by atoms with Crippen LogP contribution < -0.4 is 0 Å². The molecule has 2 aliphatic carbocycles. The Morgan fingerprint density at radius 1 is 0.784 bits per heavy atom. The quantitative estimate of drug-likeness (QED) is 0.0577. The molecule has 2 nitrogen and oxygen atoms in total. The van der Waals surface area contributed by atoms with Gasteiger partial charge in [-0.1, -0.05) is 89.1 Å². The summed E-state index contributed by atoms with van der Waals surface area (Å²) >= 11 is -1.21. The molecule has 0 amide bonds. The Balaban J connectivity index is 0.000000433. The zero-order chi connectivity index (χ0) is 39.5. The molecule has 2 aromatic rings. The molecule has 0 saturated carbocycles. The van der Waals surface area contributed by atoms with Gasteiger partial charge in [-0.05, 0) is 97.3 Å². The average Bonchev–Trinajstić information content (AvgIpc) is 3.05. The van der Waals surface area contributed by atoms with E-state index in [0.717, 1.165) is 58.6 Å². The lowest BCUT2D eigenvalue weighted by Crippen LogP contribution is -2.44. The third-order valence-electron chi connectivity index (χ3n) is 9.08. The van der Waals surface area contributed by atoms with Gasteiger partial charge in [0.15, 0.2) is 5.78 Å². The van der Waals surface area contributed by atoms with Gasteiger partial charge < -0.3 is 0 Å². The molecule has 0 radical (unpaired) electrons. The summed E-state index contributed by atoms with van der Waals surface area (Å²) in [7, 11) is 10.7. The van der Waals surface area contributed by atoms with Crippen LogP contribution in [-0.4, -0.2) is 23.9 Å². The van der Waals surface area contributed by atoms with Crippen LogP contribution in [-0.2, 0) is 12.4 Å². The zero-order valence-electron chi connectivity index (χ0n) is 30.1. The number of hydrogen-bond acceptors (Lipinski definition) is 2. The first-order chi connectivity index (χ1) is 23.4. The molecule has 0 saturated heterocycles. The number of carbonyl (C=O) groups excluding carboxylic acids is 2. The van der Waals surface area contributed by atoms with Crippen molar-refractivity contribution >= 4 is 44.0 Å². The first-order valence-corrected chi connectivity index (χ1v) is 20.5. The second-order valence-corrected chi connectivity index (χ2v) is 18.4. The summed E-state index contributed by atoms with van der Waals surface area (Å²) in [6, 6.07) is 9.67. The smallest absolute Gasteiger partial charge is 0.294 e. The summed E-state index contributed by atoms with van der Waals surface area (Å²) in [4.78, 5) is 24.5. The van der Waals surface area contributed by atoms with Crippen molar-refractivity contribution in [2.45, 2.75) is 91.8 Å². The van der Waals surface area contributed by atoms with Crippen molar-refractivity contribution < 1.29 is 35.9 Å². The maximum absolute atomic E-state index is 13.6. The van der Waals surface area contributed by atoms with Crippen molar-refractivity contribution in [3.8, 4) is 12.3 Å². The van der Waals surface area contributed by atoms with Crippen LogP contribution in [0.15, 0.2) is 95.1 Å². The van der Waals surface area contributed by atoms with E-state index in [0.29, 0.717) is 12.8 Å². The lowest BCUT2D eigenvalue weighted by atomic mass is 9.55. The van der Waals surface area contributed by atoms with Crippen LogP contribution in [0.1, 0.15) is 106 Å². The van der Waals surface area contributed by atoms with Gasteiger partial charge in [0.2, 0.25) is 5.78 Å². The number of ketones is 2. The second kappa shape index (κ2) is 19.7. The third-order valence-corrected chi connectivity index (χ3v) is 11.5. The Kier molecular flexibility index (Phi) is 17.8. The lowest BCUT2D eigenvalue weighted by molar-refractivity contribution is -0.138. The Bertz CT molecular complexity index is 1650. The van der Waals surface area contributed by atoms with Crippen LogP contribution in [0, 0.1) is 23.7 Å². The van der Waals surface area contributed by atoms with Crippen molar-refractivity contribution in [2.24, 2.45) is 11.3 Å². The number of hydrogen-bond donors (Lipinski definition) is 0. The molecule has 11 heteroatoms. The number of fused-ring (bicyclic) bond motifs is 1. The van der Waals surface area contributed by atoms with E-state index in [1.165, 1.54) is 41.5 Å². The molecule has 51 heavy (non-hydrogen) atoms. The van der Waals surface area contributed by atoms with Gasteiger partial charge in [0.25, 0.3) is 0 Å². The summed E-state index contributed by atoms with van der Waals surface area (Å²) in [5, 5.41) is 0.975. The molecule has 0 aromatic heterocycles. The third kappa shape index (κ3) is 13.2. The molecule has 0 fully saturated rings. The van der Waals surface area contributed by atoms with E-state index in [-0.39, 0.29) is 17.3 Å². The molecule has 2 aromatic carbocycles. The molecule has 4 rings (SSSR count). The zero-order valence-corrected chi connectivity index (χ0v) is 32.8. The van der Waals surface area contributed by atoms with E-state index >= 15 is 0 Å². The maximum Gasteiger partial charge on any atom is 0.519 e. The first-order valence-electron chi connectivity index (χ1n) is 16.2. The van der Waals surface area contributed by atoms with Gasteiger partial charge in [0.05, 0.1) is 11.1 Å². The molecule has 276 valence electrons. The van der Waals surface area contributed by atoms with Crippen LogP contribution in [0.3, 0.4) is 0 Å². The van der Waals surface area contributed by atoms with E-state index < -0.39 is 52.5 Å². The first kappa shape index (κ1) is 46.0. The van der Waals surface area contributed by atoms with Crippen molar-refractivity contribution in [1.82, 2.24) is 0 Å². The van der Waals surface area contributed by atoms with Crippen LogP contribution in [0.25, 0.3) is 0 Å². The highest BCUT2D eigenvalue weighted by Gasteiger charge is 2.51. The minimum absolute atomic E-state index is 0.0729. The Morgan fingerprint density at radius 3 is 1.47 bits per heavy atom. The maximum atomic E-state index is 13.6. The average molecular weight is 770 g/mol. The predicted octanol–water partition coefficient (Wildman–Crippen LogP) is 13.4. The topological polar surface area (TPSA) is 34.1 Å². The highest BCUT2D eigenvalue weighted by molar-refractivity contribution is 7.33. The van der Waals surface area contributed by atoms with Gasteiger partial charge in [-0.2, -0.15) is 26.3 Å². The van der Waals surface area contributed by atoms with Crippen LogP contribution in [0.5, 0.6) is 0 Å². The van der Waals surface area contributed by atoms with Crippen molar-refractivity contribution in [3.05, 3.63) is 117 Å². The van der Waals surface area contributed by atoms with Crippen molar-refractivity contribution in [2.75, 3.05) is 0 Å². The monoisotopic (exact) mass is 768 g/mol. The summed E-state index contributed by atoms with van der Waals surface area (Å²) in [6.45, 7) is 21.4. The minimum Gasteiger partial charge on any atom is -0.294 e. The summed E-state index contributed by atoms with van der Waals surface area (Å²) < 4.78 is 77.5. The standard InChI is InChI=1S/C22H25F3O.C10H5F3O.C6H10.C2H5.Al.2ClH/c1-13-9-17-10-14(2)16(4)12-21(17,11-15(13)3)20(26)18-7-5-6-8-19(18)22(23,24)25;1-2-9(14)7-5-3-4-6-8(7)10(11,12)13;1-5(2)6(3)4;1-2;;;/h5-8,17H,9-12H2,1-4H3;1,3-6H;1,3H2,2,4H3;1H2,2H3;;2*1H/q;;;;+2;;/p-2. The van der Waals surface area contributed by atoms with E-state index in [4.69, 9.17) is 26.5 Å². The molecule has 0 atom stereocenters. The fraction of sp³-hybridized carbons (Fsp3) is 0.400. The van der Waals surface area contributed by atoms with Crippen LogP contribution >= 0.6 is 20.1 Å². The van der Waals surface area contributed by atoms with Gasteiger partial charge in [-0.15, -0.1) is 6.42 Å². The van der Waals surface area contributed by atoms with Crippen LogP contribution in [0.4, 0.5) is 26.3 Å². The van der Waals surface area contributed by atoms with Gasteiger partial charge >= 0.3 is 24.7 Å². The van der Waals surface area contributed by atoms with Gasteiger partial charge in [0, 0.05) is 16.5 Å². The minimum atomic E-state index is -4.55. The Morgan fingerprint density at radius 2 is 1.14 bits per heavy atom. The van der Waals surface area contributed by atoms with Crippen LogP contribution in [0.2, 0.25) is 5.28 Å². The van der Waals surface area contributed by atoms with Crippen molar-refractivity contribution in [1.29, 1.82) is 0 Å². The number of terminal acetylenes is 1. The van der Waals surface area contributed by atoms with E-state index in [9.17, 15) is 35.9 Å². The normalized spacial score (nSPS) is 18.3. The molecular formula is C40H45AlCl2F6O2. The number of Topliss-reactive ketones (excluding diaryl/α,β-unsaturated/α-hetero) is 2. The van der Waals surface area contributed by atoms with E-state index in [2.05, 4.69) is 27.0 Å². The summed E-state index contributed by atoms with van der Waals surface area (Å²) in [6.07, 6.45) is -1.64. The van der Waals surface area contributed by atoms with E-state index in [1.54, 1.807) is 5.92 Å². The van der Waals surface area contributed by atoms with Gasteiger partial charge in [0.1, 0.15) is 0 Å². The fourth-order valence-electron chi connectivity index (χ4n) is 5.70. The molecule has 0 unspecified atom stereocenters. The number of alkyl halides is 6. The van der Waals surface area contributed by atoms with Crippen molar-refractivity contribution in [3.63, 3.8) is 0 Å². The molecule has 0 N–H and O–H groups in total.